The van der Waals surface area contributed by atoms with Crippen molar-refractivity contribution < 1.29 is 0 Å². The minimum atomic E-state index is 0.833. The van der Waals surface area contributed by atoms with Crippen molar-refractivity contribution >= 4 is 6.34 Å². The molecule has 0 saturated heterocycles. The maximum atomic E-state index is 3.79. The number of hydrazine groups is 1. The first-order valence-electron chi connectivity index (χ1n) is 2.15. The van der Waals surface area contributed by atoms with Crippen molar-refractivity contribution in [3.63, 3.8) is 0 Å². The van der Waals surface area contributed by atoms with Gasteiger partial charge in [-0.05, 0) is 0 Å². The maximum Gasteiger partial charge on any atom is 0.102 e. The van der Waals surface area contributed by atoms with Gasteiger partial charge in [0.05, 0.1) is 0 Å². The zero-order valence-corrected chi connectivity index (χ0v) is 3.89. The van der Waals surface area contributed by atoms with E-state index in [1.54, 1.807) is 12.5 Å². The zero-order valence-electron chi connectivity index (χ0n) is 3.89. The Morgan fingerprint density at radius 1 is 1.57 bits per heavy atom. The van der Waals surface area contributed by atoms with Gasteiger partial charge in [-0.2, -0.15) is 0 Å². The molecule has 7 heavy (non-hydrogen) atoms. The van der Waals surface area contributed by atoms with Gasteiger partial charge >= 0.3 is 0 Å². The maximum absolute atomic E-state index is 3.79. The largest absolute Gasteiger partial charge is 0.312 e. The molecule has 0 unspecified atom stereocenters. The van der Waals surface area contributed by atoms with Gasteiger partial charge in [-0.15, -0.1) is 0 Å². The van der Waals surface area contributed by atoms with Crippen molar-refractivity contribution in [2.75, 3.05) is 6.54 Å². The van der Waals surface area contributed by atoms with Gasteiger partial charge in [0.25, 0.3) is 0 Å². The van der Waals surface area contributed by atoms with E-state index in [-0.39, 0.29) is 0 Å². The molecule has 38 valence electrons. The van der Waals surface area contributed by atoms with E-state index in [2.05, 4.69) is 15.8 Å². The summed E-state index contributed by atoms with van der Waals surface area (Å²) >= 11 is 0. The molecule has 0 radical (unpaired) electrons. The topological polar surface area (TPSA) is 36.4 Å². The Morgan fingerprint density at radius 2 is 2.57 bits per heavy atom. The van der Waals surface area contributed by atoms with E-state index in [4.69, 9.17) is 0 Å². The lowest BCUT2D eigenvalue weighted by molar-refractivity contribution is 0.731. The van der Waals surface area contributed by atoms with Crippen LogP contribution < -0.4 is 10.9 Å². The van der Waals surface area contributed by atoms with E-state index in [1.807, 2.05) is 6.08 Å². The summed E-state index contributed by atoms with van der Waals surface area (Å²) in [5.41, 5.74) is 5.60. The monoisotopic (exact) mass is 97.1 g/mol. The van der Waals surface area contributed by atoms with Gasteiger partial charge in [0.15, 0.2) is 0 Å². The predicted octanol–water partition coefficient (Wildman–Crippen LogP) is -0.364. The summed E-state index contributed by atoms with van der Waals surface area (Å²) in [6.45, 7) is 0.833. The van der Waals surface area contributed by atoms with Crippen LogP contribution in [0.15, 0.2) is 17.3 Å². The second kappa shape index (κ2) is 2.36. The van der Waals surface area contributed by atoms with Crippen molar-refractivity contribution in [1.29, 1.82) is 0 Å². The molecule has 1 heterocycles. The number of aliphatic imine (C=N–C) groups is 1. The molecule has 3 nitrogen and oxygen atoms in total. The molecular formula is C4H7N3. The highest BCUT2D eigenvalue weighted by Gasteiger charge is 1.76. The lowest BCUT2D eigenvalue weighted by atomic mass is 10.6. The molecule has 0 bridgehead atoms. The molecule has 0 aromatic rings. The van der Waals surface area contributed by atoms with E-state index in [9.17, 15) is 0 Å². The van der Waals surface area contributed by atoms with Crippen LogP contribution in [0.1, 0.15) is 0 Å². The quantitative estimate of drug-likeness (QED) is 0.433. The molecule has 0 amide bonds. The summed E-state index contributed by atoms with van der Waals surface area (Å²) in [5.74, 6) is 0. The summed E-state index contributed by atoms with van der Waals surface area (Å²) in [6.07, 6.45) is 5.27. The van der Waals surface area contributed by atoms with Gasteiger partial charge in [0.1, 0.15) is 6.34 Å². The van der Waals surface area contributed by atoms with E-state index >= 15 is 0 Å². The number of hydrogen-bond acceptors (Lipinski definition) is 3. The lowest BCUT2D eigenvalue weighted by Crippen LogP contribution is -2.29. The van der Waals surface area contributed by atoms with Gasteiger partial charge < -0.3 is 5.43 Å². The van der Waals surface area contributed by atoms with Crippen molar-refractivity contribution in [3.05, 3.63) is 12.3 Å². The Morgan fingerprint density at radius 3 is 3.57 bits per heavy atom. The fourth-order valence-corrected chi connectivity index (χ4v) is 0.357. The first-order valence-corrected chi connectivity index (χ1v) is 2.15. The molecule has 0 fully saturated rings. The second-order valence-electron chi connectivity index (χ2n) is 1.19. The zero-order chi connectivity index (χ0) is 4.95. The van der Waals surface area contributed by atoms with E-state index in [0.717, 1.165) is 6.54 Å². The average molecular weight is 97.1 g/mol. The molecule has 1 rings (SSSR count). The van der Waals surface area contributed by atoms with Crippen molar-refractivity contribution in [3.8, 4) is 0 Å². The first kappa shape index (κ1) is 4.33. The highest BCUT2D eigenvalue weighted by Crippen LogP contribution is 1.71. The Kier molecular flexibility index (Phi) is 1.46. The average Bonchev–Trinajstić information content (AvgIpc) is 1.90. The third-order valence-electron chi connectivity index (χ3n) is 0.653. The fourth-order valence-electron chi connectivity index (χ4n) is 0.357. The van der Waals surface area contributed by atoms with Crippen molar-refractivity contribution in [2.24, 2.45) is 4.99 Å². The normalized spacial score (nSPS) is 18.3. The SMILES string of the molecule is C1=CN=CNNC1. The predicted molar refractivity (Wildman–Crippen MR) is 28.8 cm³/mol. The molecule has 1 aliphatic rings. The minimum absolute atomic E-state index is 0.833. The van der Waals surface area contributed by atoms with E-state index in [1.165, 1.54) is 0 Å². The second-order valence-corrected chi connectivity index (χ2v) is 1.19. The summed E-state index contributed by atoms with van der Waals surface area (Å²) in [6, 6.07) is 0. The summed E-state index contributed by atoms with van der Waals surface area (Å²) in [4.78, 5) is 3.79. The van der Waals surface area contributed by atoms with Gasteiger partial charge in [-0.3, -0.25) is 0 Å². The van der Waals surface area contributed by atoms with Crippen LogP contribution >= 0.6 is 0 Å². The van der Waals surface area contributed by atoms with Gasteiger partial charge in [0.2, 0.25) is 0 Å². The Labute approximate surface area is 42.1 Å². The molecule has 3 heteroatoms. The van der Waals surface area contributed by atoms with Crippen molar-refractivity contribution in [1.82, 2.24) is 10.9 Å². The highest BCUT2D eigenvalue weighted by atomic mass is 15.4. The Bertz CT molecular complexity index is 83.1. The molecule has 0 spiro atoms. The van der Waals surface area contributed by atoms with Gasteiger partial charge in [-0.1, -0.05) is 6.08 Å². The third kappa shape index (κ3) is 1.36. The van der Waals surface area contributed by atoms with E-state index in [0.29, 0.717) is 0 Å². The van der Waals surface area contributed by atoms with Crippen LogP contribution in [0.2, 0.25) is 0 Å². The van der Waals surface area contributed by atoms with Gasteiger partial charge in [0, 0.05) is 12.7 Å². The van der Waals surface area contributed by atoms with Crippen LogP contribution in [-0.4, -0.2) is 12.9 Å². The lowest BCUT2D eigenvalue weighted by Gasteiger charge is -1.92. The van der Waals surface area contributed by atoms with Crippen molar-refractivity contribution in [2.45, 2.75) is 0 Å². The Hall–Kier alpha value is -0.830. The van der Waals surface area contributed by atoms with Crippen LogP contribution in [0.3, 0.4) is 0 Å². The summed E-state index contributed by atoms with van der Waals surface area (Å²) in [5, 5.41) is 0. The number of rotatable bonds is 0. The van der Waals surface area contributed by atoms with Crippen LogP contribution in [0.4, 0.5) is 0 Å². The van der Waals surface area contributed by atoms with Crippen LogP contribution in [0, 0.1) is 0 Å². The molecule has 0 atom stereocenters. The van der Waals surface area contributed by atoms with Crippen LogP contribution in [0.25, 0.3) is 0 Å². The minimum Gasteiger partial charge on any atom is -0.312 e. The third-order valence-corrected chi connectivity index (χ3v) is 0.653. The molecule has 0 aliphatic carbocycles. The highest BCUT2D eigenvalue weighted by molar-refractivity contribution is 5.54. The van der Waals surface area contributed by atoms with Crippen LogP contribution in [0.5, 0.6) is 0 Å². The number of hydrogen-bond donors (Lipinski definition) is 2. The van der Waals surface area contributed by atoms with Gasteiger partial charge in [-0.25, -0.2) is 10.4 Å². The number of nitrogens with zero attached hydrogens (tertiary/aromatic N) is 1. The molecular weight excluding hydrogens is 90.1 g/mol. The summed E-state index contributed by atoms with van der Waals surface area (Å²) in [7, 11) is 0. The standard InChI is InChI=1S/C4H7N3/c1-2-5-4-7-6-3-1/h1-2,4,6H,3H2,(H,5,7). The molecule has 0 aromatic heterocycles. The first-order chi connectivity index (χ1) is 3.50. The smallest absolute Gasteiger partial charge is 0.102 e. The molecule has 0 saturated carbocycles. The summed E-state index contributed by atoms with van der Waals surface area (Å²) < 4.78 is 0. The van der Waals surface area contributed by atoms with E-state index < -0.39 is 0 Å². The molecule has 1 aliphatic heterocycles. The molecule has 2 N–H and O–H groups in total. The molecule has 0 aromatic carbocycles. The Balaban J connectivity index is 2.39. The van der Waals surface area contributed by atoms with Crippen LogP contribution in [-0.2, 0) is 0 Å². The fraction of sp³-hybridized carbons (Fsp3) is 0.250. The number of nitrogens with one attached hydrogen (secondary N) is 2.